The van der Waals surface area contributed by atoms with Gasteiger partial charge >= 0.3 is 6.03 Å². The van der Waals surface area contributed by atoms with Gasteiger partial charge in [-0.1, -0.05) is 29.4 Å². The summed E-state index contributed by atoms with van der Waals surface area (Å²) in [5, 5.41) is 2.86. The number of thioether (sulfide) groups is 1. The third-order valence-corrected chi connectivity index (χ3v) is 4.09. The number of anilines is 1. The first-order valence-electron chi connectivity index (χ1n) is 5.87. The number of likely N-dealkylation sites (tertiary alicyclic amines) is 1. The molecule has 2 rings (SSSR count). The molecule has 1 aromatic carbocycles. The highest BCUT2D eigenvalue weighted by Crippen LogP contribution is 2.37. The quantitative estimate of drug-likeness (QED) is 0.845. The number of halogens is 3. The van der Waals surface area contributed by atoms with Gasteiger partial charge in [0.25, 0.3) is 5.76 Å². The summed E-state index contributed by atoms with van der Waals surface area (Å²) in [5.41, 5.74) is 0.328. The van der Waals surface area contributed by atoms with Gasteiger partial charge in [0.05, 0.1) is 15.6 Å². The molecule has 3 nitrogen and oxygen atoms in total. The Kier molecular flexibility index (Phi) is 4.87. The molecule has 7 heteroatoms. The lowest BCUT2D eigenvalue weighted by atomic mass is 10.3. The van der Waals surface area contributed by atoms with Gasteiger partial charge in [0.1, 0.15) is 0 Å². The number of amides is 2. The van der Waals surface area contributed by atoms with Crippen LogP contribution in [0.2, 0.25) is 5.02 Å². The number of benzene rings is 1. The monoisotopic (exact) mass is 306 g/mol. The van der Waals surface area contributed by atoms with Crippen LogP contribution in [0.15, 0.2) is 23.1 Å². The van der Waals surface area contributed by atoms with Crippen LogP contribution in [-0.2, 0) is 0 Å². The first kappa shape index (κ1) is 14.4. The Morgan fingerprint density at radius 2 is 2.05 bits per heavy atom. The van der Waals surface area contributed by atoms with Gasteiger partial charge in [0.2, 0.25) is 0 Å². The Labute approximate surface area is 119 Å². The number of alkyl halides is 2. The molecule has 1 fully saturated rings. The summed E-state index contributed by atoms with van der Waals surface area (Å²) in [6, 6.07) is 4.45. The summed E-state index contributed by atoms with van der Waals surface area (Å²) in [7, 11) is 0. The molecule has 1 aliphatic rings. The van der Waals surface area contributed by atoms with Crippen LogP contribution < -0.4 is 5.32 Å². The second-order valence-corrected chi connectivity index (χ2v) is 5.53. The van der Waals surface area contributed by atoms with E-state index in [0.717, 1.165) is 12.8 Å². The molecule has 1 N–H and O–H groups in total. The molecular weight excluding hydrogens is 294 g/mol. The smallest absolute Gasteiger partial charge is 0.321 e. The Bertz CT molecular complexity index is 467. The fraction of sp³-hybridized carbons (Fsp3) is 0.417. The van der Waals surface area contributed by atoms with Crippen molar-refractivity contribution in [3.05, 3.63) is 23.2 Å². The number of hydrogen-bond acceptors (Lipinski definition) is 2. The summed E-state index contributed by atoms with van der Waals surface area (Å²) >= 11 is 6.24. The minimum Gasteiger partial charge on any atom is -0.325 e. The largest absolute Gasteiger partial charge is 0.325 e. The molecule has 0 radical (unpaired) electrons. The van der Waals surface area contributed by atoms with Crippen molar-refractivity contribution in [3.63, 3.8) is 0 Å². The molecule has 1 heterocycles. The maximum atomic E-state index is 12.5. The highest BCUT2D eigenvalue weighted by molar-refractivity contribution is 7.99. The molecule has 1 aliphatic heterocycles. The van der Waals surface area contributed by atoms with E-state index in [1.165, 1.54) is 6.07 Å². The maximum absolute atomic E-state index is 12.5. The van der Waals surface area contributed by atoms with E-state index in [0.29, 0.717) is 30.5 Å². The van der Waals surface area contributed by atoms with Crippen LogP contribution >= 0.6 is 23.4 Å². The van der Waals surface area contributed by atoms with E-state index in [2.05, 4.69) is 5.32 Å². The Morgan fingerprint density at radius 1 is 1.37 bits per heavy atom. The van der Waals surface area contributed by atoms with E-state index in [9.17, 15) is 13.6 Å². The van der Waals surface area contributed by atoms with Gasteiger partial charge in [0, 0.05) is 13.1 Å². The van der Waals surface area contributed by atoms with Gasteiger partial charge in [-0.25, -0.2) is 4.79 Å². The van der Waals surface area contributed by atoms with Crippen molar-refractivity contribution in [1.82, 2.24) is 4.90 Å². The molecule has 1 aromatic rings. The minimum atomic E-state index is -2.58. The van der Waals surface area contributed by atoms with Crippen LogP contribution in [0.5, 0.6) is 0 Å². The minimum absolute atomic E-state index is 0.201. The number of carbonyl (C=O) groups excluding carboxylic acids is 1. The average molecular weight is 307 g/mol. The molecule has 1 saturated heterocycles. The molecule has 0 aliphatic carbocycles. The number of nitrogens with one attached hydrogen (secondary N) is 1. The van der Waals surface area contributed by atoms with Crippen LogP contribution in [-0.4, -0.2) is 29.8 Å². The lowest BCUT2D eigenvalue weighted by molar-refractivity contribution is 0.222. The van der Waals surface area contributed by atoms with Crippen molar-refractivity contribution in [2.24, 2.45) is 0 Å². The van der Waals surface area contributed by atoms with E-state index in [1.54, 1.807) is 17.0 Å². The molecule has 0 spiro atoms. The highest BCUT2D eigenvalue weighted by atomic mass is 35.5. The molecular formula is C12H13ClF2N2OS. The second-order valence-electron chi connectivity index (χ2n) is 4.12. The topological polar surface area (TPSA) is 32.3 Å². The fourth-order valence-electron chi connectivity index (χ4n) is 1.93. The van der Waals surface area contributed by atoms with E-state index in [1.807, 2.05) is 0 Å². The Morgan fingerprint density at radius 3 is 2.68 bits per heavy atom. The molecule has 0 aromatic heterocycles. The van der Waals surface area contributed by atoms with E-state index in [-0.39, 0.29) is 15.9 Å². The standard InChI is InChI=1S/C12H13ClF2N2OS/c13-8-4-3-5-9(10(8)19-11(14)15)16-12(18)17-6-1-2-7-17/h3-5,11H,1-2,6-7H2,(H,16,18). The predicted octanol–water partition coefficient (Wildman–Crippen LogP) is 4.28. The van der Waals surface area contributed by atoms with Crippen LogP contribution in [0.4, 0.5) is 19.3 Å². The highest BCUT2D eigenvalue weighted by Gasteiger charge is 2.20. The third-order valence-electron chi connectivity index (χ3n) is 2.81. The van der Waals surface area contributed by atoms with Gasteiger partial charge in [-0.05, 0) is 25.0 Å². The Balaban J connectivity index is 2.14. The maximum Gasteiger partial charge on any atom is 0.321 e. The molecule has 0 bridgehead atoms. The van der Waals surface area contributed by atoms with Crippen molar-refractivity contribution in [2.45, 2.75) is 23.5 Å². The van der Waals surface area contributed by atoms with Gasteiger partial charge in [-0.3, -0.25) is 0 Å². The van der Waals surface area contributed by atoms with Gasteiger partial charge in [-0.15, -0.1) is 0 Å². The zero-order valence-corrected chi connectivity index (χ0v) is 11.6. The Hall–Kier alpha value is -1.01. The zero-order chi connectivity index (χ0) is 13.8. The van der Waals surface area contributed by atoms with Crippen LogP contribution in [0.3, 0.4) is 0 Å². The van der Waals surface area contributed by atoms with Gasteiger partial charge in [-0.2, -0.15) is 8.78 Å². The average Bonchev–Trinajstić information content (AvgIpc) is 2.87. The summed E-state index contributed by atoms with van der Waals surface area (Å²) in [5.74, 6) is -2.58. The normalized spacial score (nSPS) is 15.1. The van der Waals surface area contributed by atoms with Crippen molar-refractivity contribution in [1.29, 1.82) is 0 Å². The van der Waals surface area contributed by atoms with Crippen LogP contribution in [0, 0.1) is 0 Å². The number of hydrogen-bond donors (Lipinski definition) is 1. The van der Waals surface area contributed by atoms with Crippen molar-refractivity contribution in [3.8, 4) is 0 Å². The lowest BCUT2D eigenvalue weighted by Gasteiger charge is -2.18. The lowest BCUT2D eigenvalue weighted by Crippen LogP contribution is -2.32. The van der Waals surface area contributed by atoms with Crippen molar-refractivity contribution < 1.29 is 13.6 Å². The summed E-state index contributed by atoms with van der Waals surface area (Å²) in [4.78, 5) is 13.8. The fourth-order valence-corrected chi connectivity index (χ4v) is 2.84. The van der Waals surface area contributed by atoms with Crippen LogP contribution in [0.1, 0.15) is 12.8 Å². The third kappa shape index (κ3) is 3.73. The van der Waals surface area contributed by atoms with E-state index in [4.69, 9.17) is 11.6 Å². The zero-order valence-electron chi connectivity index (χ0n) is 10.0. The molecule has 19 heavy (non-hydrogen) atoms. The molecule has 0 saturated carbocycles. The number of urea groups is 1. The first-order valence-corrected chi connectivity index (χ1v) is 7.13. The summed E-state index contributed by atoms with van der Waals surface area (Å²) in [6.07, 6.45) is 1.95. The van der Waals surface area contributed by atoms with Crippen molar-refractivity contribution >= 4 is 35.1 Å². The van der Waals surface area contributed by atoms with Gasteiger partial charge in [0.15, 0.2) is 0 Å². The van der Waals surface area contributed by atoms with Gasteiger partial charge < -0.3 is 10.2 Å². The number of nitrogens with zero attached hydrogens (tertiary/aromatic N) is 1. The van der Waals surface area contributed by atoms with Crippen molar-refractivity contribution in [2.75, 3.05) is 18.4 Å². The number of carbonyl (C=O) groups is 1. The number of rotatable bonds is 3. The molecule has 0 atom stereocenters. The first-order chi connectivity index (χ1) is 9.08. The molecule has 2 amide bonds. The predicted molar refractivity (Wildman–Crippen MR) is 73.1 cm³/mol. The van der Waals surface area contributed by atoms with E-state index >= 15 is 0 Å². The summed E-state index contributed by atoms with van der Waals surface area (Å²) < 4.78 is 25.0. The molecule has 104 valence electrons. The second kappa shape index (κ2) is 6.43. The van der Waals surface area contributed by atoms with Crippen LogP contribution in [0.25, 0.3) is 0 Å². The van der Waals surface area contributed by atoms with E-state index < -0.39 is 5.76 Å². The summed E-state index contributed by atoms with van der Waals surface area (Å²) in [6.45, 7) is 1.40. The SMILES string of the molecule is O=C(Nc1cccc(Cl)c1SC(F)F)N1CCCC1. The molecule has 0 unspecified atom stereocenters.